The summed E-state index contributed by atoms with van der Waals surface area (Å²) in [6, 6.07) is 20.4. The monoisotopic (exact) mass is 417 g/mol. The Morgan fingerprint density at radius 1 is 1.00 bits per heavy atom. The minimum absolute atomic E-state index is 0.0224. The molecule has 0 spiro atoms. The van der Waals surface area contributed by atoms with E-state index < -0.39 is 0 Å². The van der Waals surface area contributed by atoms with E-state index in [2.05, 4.69) is 34.6 Å². The predicted molar refractivity (Wildman–Crippen MR) is 121 cm³/mol. The summed E-state index contributed by atoms with van der Waals surface area (Å²) in [4.78, 5) is 22.6. The molecule has 3 heterocycles. The molecule has 0 radical (unpaired) electrons. The standard InChI is InChI=1S/C23H23N5OS/c24-26-23-25-21-20(22(29)28(23)14-17-9-5-2-6-10-17)18-11-12-27(15-19(18)30-21)13-16-7-3-1-4-8-16/h1-10H,11-15,24H2,(H,25,26). The predicted octanol–water partition coefficient (Wildman–Crippen LogP) is 3.35. The van der Waals surface area contributed by atoms with Crippen LogP contribution in [0.5, 0.6) is 0 Å². The summed E-state index contributed by atoms with van der Waals surface area (Å²) in [5.74, 6) is 6.12. The first kappa shape index (κ1) is 19.0. The van der Waals surface area contributed by atoms with Gasteiger partial charge in [0.05, 0.1) is 11.9 Å². The maximum Gasteiger partial charge on any atom is 0.264 e. The van der Waals surface area contributed by atoms with Crippen LogP contribution < -0.4 is 16.8 Å². The minimum atomic E-state index is -0.0224. The molecule has 4 aromatic rings. The van der Waals surface area contributed by atoms with Gasteiger partial charge in [0.25, 0.3) is 5.56 Å². The van der Waals surface area contributed by atoms with Gasteiger partial charge >= 0.3 is 0 Å². The molecule has 5 rings (SSSR count). The third-order valence-electron chi connectivity index (χ3n) is 5.60. The molecule has 2 aromatic carbocycles. The van der Waals surface area contributed by atoms with Crippen molar-refractivity contribution in [2.45, 2.75) is 26.1 Å². The number of anilines is 1. The van der Waals surface area contributed by atoms with Crippen molar-refractivity contribution in [2.75, 3.05) is 12.0 Å². The molecule has 1 aliphatic rings. The van der Waals surface area contributed by atoms with Gasteiger partial charge in [0.1, 0.15) is 4.83 Å². The van der Waals surface area contributed by atoms with Gasteiger partial charge in [0.2, 0.25) is 5.95 Å². The van der Waals surface area contributed by atoms with Crippen molar-refractivity contribution >= 4 is 27.5 Å². The summed E-state index contributed by atoms with van der Waals surface area (Å²) in [6.07, 6.45) is 0.861. The van der Waals surface area contributed by atoms with Crippen molar-refractivity contribution in [3.05, 3.63) is 92.6 Å². The molecule has 30 heavy (non-hydrogen) atoms. The largest absolute Gasteiger partial charge is 0.294 e. The number of rotatable bonds is 5. The van der Waals surface area contributed by atoms with Gasteiger partial charge in [-0.05, 0) is 23.1 Å². The molecule has 2 aromatic heterocycles. The van der Waals surface area contributed by atoms with Crippen LogP contribution in [0, 0.1) is 0 Å². The highest BCUT2D eigenvalue weighted by Gasteiger charge is 2.25. The molecule has 0 saturated carbocycles. The smallest absolute Gasteiger partial charge is 0.264 e. The van der Waals surface area contributed by atoms with Gasteiger partial charge in [0.15, 0.2) is 0 Å². The van der Waals surface area contributed by atoms with E-state index in [1.807, 2.05) is 36.4 Å². The van der Waals surface area contributed by atoms with Crippen molar-refractivity contribution in [2.24, 2.45) is 5.84 Å². The van der Waals surface area contributed by atoms with Crippen molar-refractivity contribution in [3.8, 4) is 0 Å². The zero-order valence-corrected chi connectivity index (χ0v) is 17.4. The highest BCUT2D eigenvalue weighted by Crippen LogP contribution is 2.33. The molecule has 0 amide bonds. The summed E-state index contributed by atoms with van der Waals surface area (Å²) < 4.78 is 1.64. The van der Waals surface area contributed by atoms with E-state index in [0.717, 1.165) is 47.4 Å². The number of nitrogen functional groups attached to an aromatic ring is 1. The maximum atomic E-state index is 13.4. The van der Waals surface area contributed by atoms with E-state index >= 15 is 0 Å². The van der Waals surface area contributed by atoms with Crippen LogP contribution in [-0.4, -0.2) is 21.0 Å². The molecule has 152 valence electrons. The van der Waals surface area contributed by atoms with E-state index in [1.54, 1.807) is 15.9 Å². The molecule has 0 bridgehead atoms. The number of nitrogens with one attached hydrogen (secondary N) is 1. The number of fused-ring (bicyclic) bond motifs is 3. The highest BCUT2D eigenvalue weighted by molar-refractivity contribution is 7.18. The quantitative estimate of drug-likeness (QED) is 0.385. The van der Waals surface area contributed by atoms with Gasteiger partial charge < -0.3 is 0 Å². The van der Waals surface area contributed by atoms with Crippen LogP contribution in [0.15, 0.2) is 65.5 Å². The van der Waals surface area contributed by atoms with Crippen molar-refractivity contribution in [1.82, 2.24) is 14.5 Å². The Kier molecular flexibility index (Phi) is 5.08. The molecule has 7 heteroatoms. The van der Waals surface area contributed by atoms with Gasteiger partial charge in [-0.3, -0.25) is 19.7 Å². The fourth-order valence-corrected chi connectivity index (χ4v) is 5.38. The van der Waals surface area contributed by atoms with Gasteiger partial charge in [-0.1, -0.05) is 60.7 Å². The fourth-order valence-electron chi connectivity index (χ4n) is 4.13. The lowest BCUT2D eigenvalue weighted by Crippen LogP contribution is -2.31. The van der Waals surface area contributed by atoms with E-state index in [9.17, 15) is 4.79 Å². The van der Waals surface area contributed by atoms with Crippen LogP contribution in [0.2, 0.25) is 0 Å². The number of hydrazine groups is 1. The zero-order valence-electron chi connectivity index (χ0n) is 16.5. The first-order chi connectivity index (χ1) is 14.7. The van der Waals surface area contributed by atoms with E-state index in [4.69, 9.17) is 10.8 Å². The molecular formula is C23H23N5OS. The molecule has 0 unspecified atom stereocenters. The van der Waals surface area contributed by atoms with E-state index in [0.29, 0.717) is 12.5 Å². The zero-order chi connectivity index (χ0) is 20.5. The molecule has 6 nitrogen and oxygen atoms in total. The lowest BCUT2D eigenvalue weighted by molar-refractivity contribution is 0.249. The normalized spacial score (nSPS) is 14.0. The first-order valence-electron chi connectivity index (χ1n) is 10.0. The van der Waals surface area contributed by atoms with Crippen molar-refractivity contribution in [3.63, 3.8) is 0 Å². The van der Waals surface area contributed by atoms with Crippen LogP contribution in [0.4, 0.5) is 5.95 Å². The number of nitrogens with two attached hydrogens (primary N) is 1. The number of nitrogens with zero attached hydrogens (tertiary/aromatic N) is 3. The fraction of sp³-hybridized carbons (Fsp3) is 0.217. The maximum absolute atomic E-state index is 13.4. The van der Waals surface area contributed by atoms with Crippen LogP contribution in [-0.2, 0) is 26.1 Å². The second-order valence-electron chi connectivity index (χ2n) is 7.59. The van der Waals surface area contributed by atoms with Crippen molar-refractivity contribution in [1.29, 1.82) is 0 Å². The molecule has 0 saturated heterocycles. The van der Waals surface area contributed by atoms with Crippen LogP contribution in [0.25, 0.3) is 10.2 Å². The minimum Gasteiger partial charge on any atom is -0.294 e. The lowest BCUT2D eigenvalue weighted by Gasteiger charge is -2.26. The summed E-state index contributed by atoms with van der Waals surface area (Å²) in [6.45, 7) is 3.13. The average molecular weight is 418 g/mol. The number of benzene rings is 2. The number of thiophene rings is 1. The van der Waals surface area contributed by atoms with Crippen LogP contribution >= 0.6 is 11.3 Å². The van der Waals surface area contributed by atoms with Gasteiger partial charge in [-0.15, -0.1) is 11.3 Å². The van der Waals surface area contributed by atoms with Crippen molar-refractivity contribution < 1.29 is 0 Å². The average Bonchev–Trinajstić information content (AvgIpc) is 3.14. The number of hydrogen-bond acceptors (Lipinski definition) is 6. The molecular weight excluding hydrogens is 394 g/mol. The Morgan fingerprint density at radius 2 is 1.67 bits per heavy atom. The van der Waals surface area contributed by atoms with Gasteiger partial charge in [0, 0.05) is 24.5 Å². The van der Waals surface area contributed by atoms with Gasteiger partial charge in [-0.25, -0.2) is 10.8 Å². The first-order valence-corrected chi connectivity index (χ1v) is 10.9. The number of hydrogen-bond donors (Lipinski definition) is 2. The topological polar surface area (TPSA) is 76.2 Å². The molecule has 3 N–H and O–H groups in total. The highest BCUT2D eigenvalue weighted by atomic mass is 32.1. The summed E-state index contributed by atoms with van der Waals surface area (Å²) in [5.41, 5.74) is 6.09. The Balaban J connectivity index is 1.51. The second-order valence-corrected chi connectivity index (χ2v) is 8.67. The molecule has 0 fully saturated rings. The third-order valence-corrected chi connectivity index (χ3v) is 6.71. The molecule has 0 aliphatic carbocycles. The van der Waals surface area contributed by atoms with Gasteiger partial charge in [-0.2, -0.15) is 0 Å². The molecule has 1 aliphatic heterocycles. The number of aromatic nitrogens is 2. The summed E-state index contributed by atoms with van der Waals surface area (Å²) in [5, 5.41) is 0.754. The van der Waals surface area contributed by atoms with Crippen LogP contribution in [0.1, 0.15) is 21.6 Å². The lowest BCUT2D eigenvalue weighted by atomic mass is 10.0. The molecule has 0 atom stereocenters. The third kappa shape index (κ3) is 3.52. The second kappa shape index (κ2) is 8.02. The van der Waals surface area contributed by atoms with E-state index in [-0.39, 0.29) is 5.56 Å². The SMILES string of the molecule is NNc1nc2sc3c(c2c(=O)n1Cc1ccccc1)CCN(Cc1ccccc1)C3. The summed E-state index contributed by atoms with van der Waals surface area (Å²) in [7, 11) is 0. The summed E-state index contributed by atoms with van der Waals surface area (Å²) >= 11 is 1.61. The van der Waals surface area contributed by atoms with E-state index in [1.165, 1.54) is 10.4 Å². The Hall–Kier alpha value is -3.00. The Morgan fingerprint density at radius 3 is 2.33 bits per heavy atom. The van der Waals surface area contributed by atoms with Crippen LogP contribution in [0.3, 0.4) is 0 Å². The Bertz CT molecular complexity index is 1230. The Labute approximate surface area is 178 Å².